The molecule has 6 nitrogen and oxygen atoms in total. The van der Waals surface area contributed by atoms with E-state index in [1.54, 1.807) is 25.3 Å². The van der Waals surface area contributed by atoms with E-state index in [1.165, 1.54) is 12.1 Å². The number of aryl methyl sites for hydroxylation is 1. The SMILES string of the molecule is Cc1ccc(S(=O)(=O)c2ccc(F)cc2)cc1S(=O)(=O)NCCc1ccccn1. The monoisotopic (exact) mass is 434 g/mol. The predicted molar refractivity (Wildman–Crippen MR) is 106 cm³/mol. The molecular formula is C20H19FN2O4S2. The maximum Gasteiger partial charge on any atom is 0.240 e. The van der Waals surface area contributed by atoms with Crippen LogP contribution in [0.15, 0.2) is 81.5 Å². The van der Waals surface area contributed by atoms with Gasteiger partial charge in [-0.05, 0) is 61.0 Å². The van der Waals surface area contributed by atoms with Gasteiger partial charge in [0.2, 0.25) is 19.9 Å². The first-order chi connectivity index (χ1) is 13.7. The van der Waals surface area contributed by atoms with Gasteiger partial charge in [0, 0.05) is 24.9 Å². The van der Waals surface area contributed by atoms with Crippen LogP contribution in [-0.2, 0) is 26.3 Å². The summed E-state index contributed by atoms with van der Waals surface area (Å²) in [5.41, 5.74) is 1.15. The van der Waals surface area contributed by atoms with Gasteiger partial charge in [0.1, 0.15) is 5.82 Å². The Morgan fingerprint density at radius 1 is 0.931 bits per heavy atom. The highest BCUT2D eigenvalue weighted by molar-refractivity contribution is 7.91. The second-order valence-electron chi connectivity index (χ2n) is 6.35. The number of aromatic nitrogens is 1. The highest BCUT2D eigenvalue weighted by atomic mass is 32.2. The molecule has 0 fully saturated rings. The number of sulfone groups is 1. The number of halogens is 1. The van der Waals surface area contributed by atoms with Crippen molar-refractivity contribution in [3.63, 3.8) is 0 Å². The number of hydrogen-bond acceptors (Lipinski definition) is 5. The van der Waals surface area contributed by atoms with Crippen molar-refractivity contribution in [2.24, 2.45) is 0 Å². The zero-order chi connectivity index (χ0) is 21.1. The zero-order valence-electron chi connectivity index (χ0n) is 15.5. The van der Waals surface area contributed by atoms with Crippen LogP contribution in [-0.4, -0.2) is 28.4 Å². The molecule has 29 heavy (non-hydrogen) atoms. The number of nitrogens with zero attached hydrogens (tertiary/aromatic N) is 1. The minimum Gasteiger partial charge on any atom is -0.261 e. The molecule has 0 saturated carbocycles. The molecule has 0 atom stereocenters. The van der Waals surface area contributed by atoms with Crippen molar-refractivity contribution in [3.05, 3.63) is 83.9 Å². The summed E-state index contributed by atoms with van der Waals surface area (Å²) in [7, 11) is -7.92. The van der Waals surface area contributed by atoms with Crippen molar-refractivity contribution >= 4 is 19.9 Å². The Morgan fingerprint density at radius 3 is 2.28 bits per heavy atom. The van der Waals surface area contributed by atoms with Gasteiger partial charge in [-0.15, -0.1) is 0 Å². The summed E-state index contributed by atoms with van der Waals surface area (Å²) in [5.74, 6) is -0.562. The molecule has 0 amide bonds. The van der Waals surface area contributed by atoms with E-state index < -0.39 is 25.7 Å². The third-order valence-electron chi connectivity index (χ3n) is 4.28. The normalized spacial score (nSPS) is 12.1. The van der Waals surface area contributed by atoms with Crippen molar-refractivity contribution in [2.45, 2.75) is 28.0 Å². The lowest BCUT2D eigenvalue weighted by atomic mass is 10.2. The van der Waals surface area contributed by atoms with E-state index in [9.17, 15) is 21.2 Å². The van der Waals surface area contributed by atoms with E-state index in [2.05, 4.69) is 9.71 Å². The molecule has 0 unspecified atom stereocenters. The van der Waals surface area contributed by atoms with Crippen LogP contribution in [0.1, 0.15) is 11.3 Å². The van der Waals surface area contributed by atoms with Crippen molar-refractivity contribution < 1.29 is 21.2 Å². The average molecular weight is 435 g/mol. The number of rotatable bonds is 7. The molecule has 3 rings (SSSR count). The standard InChI is InChI=1S/C20H19FN2O4S2/c1-15-5-8-19(28(24,25)18-9-6-16(21)7-10-18)14-20(15)29(26,27)23-13-11-17-4-2-3-12-22-17/h2-10,12,14,23H,11,13H2,1H3. The number of pyridine rings is 1. The summed E-state index contributed by atoms with van der Waals surface area (Å²) in [6.45, 7) is 1.70. The van der Waals surface area contributed by atoms with Crippen LogP contribution >= 0.6 is 0 Å². The van der Waals surface area contributed by atoms with E-state index >= 15 is 0 Å². The molecule has 2 aromatic carbocycles. The smallest absolute Gasteiger partial charge is 0.240 e. The summed E-state index contributed by atoms with van der Waals surface area (Å²) < 4.78 is 66.6. The maximum absolute atomic E-state index is 13.1. The lowest BCUT2D eigenvalue weighted by molar-refractivity contribution is 0.580. The van der Waals surface area contributed by atoms with E-state index in [0.29, 0.717) is 12.0 Å². The molecule has 152 valence electrons. The summed E-state index contributed by atoms with van der Waals surface area (Å²) in [5, 5.41) is 0. The Labute approximate surface area is 169 Å². The van der Waals surface area contributed by atoms with Crippen molar-refractivity contribution in [2.75, 3.05) is 6.54 Å². The van der Waals surface area contributed by atoms with Gasteiger partial charge >= 0.3 is 0 Å². The number of nitrogens with one attached hydrogen (secondary N) is 1. The number of sulfonamides is 1. The maximum atomic E-state index is 13.1. The summed E-state index contributed by atoms with van der Waals surface area (Å²) in [6, 6.07) is 13.6. The van der Waals surface area contributed by atoms with Crippen molar-refractivity contribution in [1.82, 2.24) is 9.71 Å². The molecule has 1 N–H and O–H groups in total. The number of hydrogen-bond donors (Lipinski definition) is 1. The van der Waals surface area contributed by atoms with Gasteiger partial charge < -0.3 is 0 Å². The molecule has 0 spiro atoms. The molecule has 0 aliphatic rings. The molecule has 3 aromatic rings. The first-order valence-electron chi connectivity index (χ1n) is 8.71. The Morgan fingerprint density at radius 2 is 1.62 bits per heavy atom. The van der Waals surface area contributed by atoms with Crippen LogP contribution in [0.4, 0.5) is 4.39 Å². The highest BCUT2D eigenvalue weighted by Gasteiger charge is 2.23. The molecule has 1 heterocycles. The first-order valence-corrected chi connectivity index (χ1v) is 11.7. The Kier molecular flexibility index (Phi) is 6.11. The fraction of sp³-hybridized carbons (Fsp3) is 0.150. The van der Waals surface area contributed by atoms with Crippen molar-refractivity contribution in [1.29, 1.82) is 0 Å². The molecule has 1 aromatic heterocycles. The van der Waals surface area contributed by atoms with Gasteiger partial charge in [-0.2, -0.15) is 0 Å². The Balaban J connectivity index is 1.87. The van der Waals surface area contributed by atoms with Crippen LogP contribution in [0, 0.1) is 12.7 Å². The summed E-state index contributed by atoms with van der Waals surface area (Å²) >= 11 is 0. The lowest BCUT2D eigenvalue weighted by Crippen LogP contribution is -2.27. The van der Waals surface area contributed by atoms with Gasteiger partial charge in [-0.3, -0.25) is 4.98 Å². The quantitative estimate of drug-likeness (QED) is 0.577. The molecule has 0 aliphatic carbocycles. The topological polar surface area (TPSA) is 93.2 Å². The summed E-state index contributed by atoms with van der Waals surface area (Å²) in [4.78, 5) is 3.71. The fourth-order valence-corrected chi connectivity index (χ4v) is 5.39. The van der Waals surface area contributed by atoms with Gasteiger partial charge in [0.25, 0.3) is 0 Å². The molecule has 9 heteroatoms. The van der Waals surface area contributed by atoms with Gasteiger partial charge in [0.15, 0.2) is 0 Å². The lowest BCUT2D eigenvalue weighted by Gasteiger charge is -2.12. The zero-order valence-corrected chi connectivity index (χ0v) is 17.2. The molecule has 0 aliphatic heterocycles. The first kappa shape index (κ1) is 21.1. The third kappa shape index (κ3) is 4.87. The van der Waals surface area contributed by atoms with E-state index in [0.717, 1.165) is 36.0 Å². The molecule has 0 radical (unpaired) electrons. The van der Waals surface area contributed by atoms with E-state index in [1.807, 2.05) is 6.07 Å². The third-order valence-corrected chi connectivity index (χ3v) is 7.65. The predicted octanol–water partition coefficient (Wildman–Crippen LogP) is 2.88. The van der Waals surface area contributed by atoms with E-state index in [-0.39, 0.29) is 21.2 Å². The van der Waals surface area contributed by atoms with Crippen LogP contribution in [0.5, 0.6) is 0 Å². The summed E-state index contributed by atoms with van der Waals surface area (Å²) in [6.07, 6.45) is 2.02. The Hall–Kier alpha value is -2.62. The van der Waals surface area contributed by atoms with Gasteiger partial charge in [-0.1, -0.05) is 12.1 Å². The average Bonchev–Trinajstić information content (AvgIpc) is 2.69. The minimum absolute atomic E-state index is 0.116. The highest BCUT2D eigenvalue weighted by Crippen LogP contribution is 2.25. The van der Waals surface area contributed by atoms with Gasteiger partial charge in [0.05, 0.1) is 14.7 Å². The number of benzene rings is 2. The second-order valence-corrected chi connectivity index (χ2v) is 10.0. The molecular weight excluding hydrogens is 415 g/mol. The fourth-order valence-electron chi connectivity index (χ4n) is 2.72. The van der Waals surface area contributed by atoms with E-state index in [4.69, 9.17) is 0 Å². The van der Waals surface area contributed by atoms with Crippen LogP contribution in [0.25, 0.3) is 0 Å². The minimum atomic E-state index is -3.99. The largest absolute Gasteiger partial charge is 0.261 e. The second kappa shape index (κ2) is 8.40. The van der Waals surface area contributed by atoms with Gasteiger partial charge in [-0.25, -0.2) is 25.9 Å². The van der Waals surface area contributed by atoms with Crippen LogP contribution in [0.3, 0.4) is 0 Å². The van der Waals surface area contributed by atoms with Crippen LogP contribution < -0.4 is 4.72 Å². The molecule has 0 bridgehead atoms. The Bertz CT molecular complexity index is 1210. The van der Waals surface area contributed by atoms with Crippen LogP contribution in [0.2, 0.25) is 0 Å². The van der Waals surface area contributed by atoms with Crippen molar-refractivity contribution in [3.8, 4) is 0 Å². The molecule has 0 saturated heterocycles.